The van der Waals surface area contributed by atoms with Gasteiger partial charge in [0.15, 0.2) is 6.73 Å². The number of imide groups is 1. The molecule has 0 N–H and O–H groups in total. The van der Waals surface area contributed by atoms with Gasteiger partial charge in [0.1, 0.15) is 0 Å². The number of thioether (sulfide) groups is 1. The van der Waals surface area contributed by atoms with Gasteiger partial charge >= 0.3 is 5.97 Å². The first kappa shape index (κ1) is 16.3. The first-order chi connectivity index (χ1) is 11.6. The molecule has 3 rings (SSSR count). The third-order valence-corrected chi connectivity index (χ3v) is 4.82. The fourth-order valence-electron chi connectivity index (χ4n) is 2.39. The molecule has 2 aromatic rings. The van der Waals surface area contributed by atoms with Crippen LogP contribution in [0.4, 0.5) is 0 Å². The Morgan fingerprint density at radius 2 is 1.58 bits per heavy atom. The first-order valence-corrected chi connectivity index (χ1v) is 8.36. The van der Waals surface area contributed by atoms with Crippen LogP contribution in [0.15, 0.2) is 53.4 Å². The van der Waals surface area contributed by atoms with E-state index in [-0.39, 0.29) is 12.5 Å². The summed E-state index contributed by atoms with van der Waals surface area (Å²) >= 11 is 1.36. The lowest BCUT2D eigenvalue weighted by Crippen LogP contribution is -2.33. The fourth-order valence-corrected chi connectivity index (χ4v) is 3.22. The summed E-state index contributed by atoms with van der Waals surface area (Å²) in [5, 5.41) is 0. The van der Waals surface area contributed by atoms with Crippen LogP contribution in [0, 0.1) is 6.92 Å². The zero-order valence-electron chi connectivity index (χ0n) is 13.0. The minimum absolute atomic E-state index is 0.119. The molecule has 24 heavy (non-hydrogen) atoms. The Hall–Kier alpha value is -2.60. The van der Waals surface area contributed by atoms with Gasteiger partial charge in [0.2, 0.25) is 0 Å². The molecule has 1 heterocycles. The van der Waals surface area contributed by atoms with Crippen molar-refractivity contribution in [3.8, 4) is 0 Å². The van der Waals surface area contributed by atoms with Crippen LogP contribution in [0.2, 0.25) is 0 Å². The lowest BCUT2D eigenvalue weighted by atomic mass is 10.1. The maximum atomic E-state index is 12.2. The summed E-state index contributed by atoms with van der Waals surface area (Å²) in [6, 6.07) is 14.3. The minimum Gasteiger partial charge on any atom is -0.443 e. The topological polar surface area (TPSA) is 63.7 Å². The van der Waals surface area contributed by atoms with Crippen LogP contribution < -0.4 is 0 Å². The highest BCUT2D eigenvalue weighted by atomic mass is 32.2. The van der Waals surface area contributed by atoms with Gasteiger partial charge in [-0.2, -0.15) is 0 Å². The Bertz CT molecular complexity index is 783. The summed E-state index contributed by atoms with van der Waals surface area (Å²) in [6.07, 6.45) is 0. The fraction of sp³-hybridized carbons (Fsp3) is 0.167. The number of fused-ring (bicyclic) bond motifs is 1. The van der Waals surface area contributed by atoms with E-state index in [2.05, 4.69) is 0 Å². The van der Waals surface area contributed by atoms with E-state index in [9.17, 15) is 14.4 Å². The molecule has 0 fully saturated rings. The van der Waals surface area contributed by atoms with Crippen LogP contribution in [0.3, 0.4) is 0 Å². The van der Waals surface area contributed by atoms with Gasteiger partial charge in [-0.25, -0.2) is 4.90 Å². The number of rotatable bonds is 5. The van der Waals surface area contributed by atoms with Crippen LogP contribution in [0.5, 0.6) is 0 Å². The van der Waals surface area contributed by atoms with E-state index in [0.29, 0.717) is 11.1 Å². The second-order valence-electron chi connectivity index (χ2n) is 5.28. The molecule has 0 radical (unpaired) electrons. The lowest BCUT2D eigenvalue weighted by molar-refractivity contribution is -0.142. The number of carbonyl (C=O) groups is 3. The second kappa shape index (κ2) is 6.88. The summed E-state index contributed by atoms with van der Waals surface area (Å²) in [7, 11) is 0. The second-order valence-corrected chi connectivity index (χ2v) is 6.30. The van der Waals surface area contributed by atoms with E-state index < -0.39 is 17.8 Å². The smallest absolute Gasteiger partial charge is 0.318 e. The average molecular weight is 341 g/mol. The van der Waals surface area contributed by atoms with Gasteiger partial charge in [-0.15, -0.1) is 11.8 Å². The van der Waals surface area contributed by atoms with Gasteiger partial charge < -0.3 is 4.74 Å². The number of carbonyl (C=O) groups excluding carboxylic acids is 3. The van der Waals surface area contributed by atoms with Gasteiger partial charge in [0.05, 0.1) is 16.9 Å². The molecule has 0 bridgehead atoms. The largest absolute Gasteiger partial charge is 0.443 e. The summed E-state index contributed by atoms with van der Waals surface area (Å²) in [4.78, 5) is 38.1. The molecule has 0 spiro atoms. The normalized spacial score (nSPS) is 13.1. The van der Waals surface area contributed by atoms with Crippen molar-refractivity contribution in [1.82, 2.24) is 4.90 Å². The number of hydrogen-bond acceptors (Lipinski definition) is 5. The molecule has 1 aliphatic rings. The third kappa shape index (κ3) is 3.19. The summed E-state index contributed by atoms with van der Waals surface area (Å²) in [5.74, 6) is -1.22. The maximum absolute atomic E-state index is 12.2. The molecule has 0 aliphatic carbocycles. The molecule has 0 saturated carbocycles. The van der Waals surface area contributed by atoms with Crippen LogP contribution in [0.1, 0.15) is 26.3 Å². The Kier molecular flexibility index (Phi) is 4.66. The minimum atomic E-state index is -0.472. The van der Waals surface area contributed by atoms with E-state index in [1.807, 2.05) is 31.2 Å². The van der Waals surface area contributed by atoms with E-state index in [4.69, 9.17) is 4.74 Å². The third-order valence-electron chi connectivity index (χ3n) is 3.67. The van der Waals surface area contributed by atoms with Crippen molar-refractivity contribution in [2.24, 2.45) is 0 Å². The summed E-state index contributed by atoms with van der Waals surface area (Å²) < 4.78 is 5.08. The average Bonchev–Trinajstić information content (AvgIpc) is 2.84. The van der Waals surface area contributed by atoms with E-state index in [1.165, 1.54) is 11.8 Å². The van der Waals surface area contributed by atoms with Gasteiger partial charge in [-0.05, 0) is 30.7 Å². The van der Waals surface area contributed by atoms with Crippen molar-refractivity contribution in [3.05, 3.63) is 65.2 Å². The highest BCUT2D eigenvalue weighted by Crippen LogP contribution is 2.23. The first-order valence-electron chi connectivity index (χ1n) is 7.37. The Labute approximate surface area is 143 Å². The number of benzene rings is 2. The molecule has 5 nitrogen and oxygen atoms in total. The number of ether oxygens (including phenoxy) is 1. The van der Waals surface area contributed by atoms with Crippen molar-refractivity contribution in [1.29, 1.82) is 0 Å². The van der Waals surface area contributed by atoms with Crippen molar-refractivity contribution < 1.29 is 19.1 Å². The van der Waals surface area contributed by atoms with Crippen molar-refractivity contribution >= 4 is 29.5 Å². The van der Waals surface area contributed by atoms with E-state index in [0.717, 1.165) is 15.4 Å². The van der Waals surface area contributed by atoms with Crippen molar-refractivity contribution in [2.45, 2.75) is 11.8 Å². The Morgan fingerprint density at radius 3 is 2.21 bits per heavy atom. The van der Waals surface area contributed by atoms with Gasteiger partial charge in [-0.3, -0.25) is 14.4 Å². The molecule has 6 heteroatoms. The van der Waals surface area contributed by atoms with Gasteiger partial charge in [0.25, 0.3) is 11.8 Å². The monoisotopic (exact) mass is 341 g/mol. The molecule has 1 aliphatic heterocycles. The molecule has 0 unspecified atom stereocenters. The SMILES string of the molecule is Cc1ccccc1SCC(=O)OCN1C(=O)c2ccccc2C1=O. The molecule has 0 aromatic heterocycles. The molecule has 2 aromatic carbocycles. The van der Waals surface area contributed by atoms with Gasteiger partial charge in [-0.1, -0.05) is 30.3 Å². The summed E-state index contributed by atoms with van der Waals surface area (Å²) in [6.45, 7) is 1.60. The standard InChI is InChI=1S/C18H15NO4S/c1-12-6-2-5-9-15(12)24-10-16(20)23-11-19-17(21)13-7-3-4-8-14(13)18(19)22/h2-9H,10-11H2,1H3. The zero-order chi connectivity index (χ0) is 17.1. The summed E-state index contributed by atoms with van der Waals surface area (Å²) in [5.41, 5.74) is 1.76. The Balaban J connectivity index is 1.55. The van der Waals surface area contributed by atoms with Crippen LogP contribution in [-0.2, 0) is 9.53 Å². The van der Waals surface area contributed by atoms with Crippen LogP contribution in [0.25, 0.3) is 0 Å². The Morgan fingerprint density at radius 1 is 1.00 bits per heavy atom. The number of nitrogens with zero attached hydrogens (tertiary/aromatic N) is 1. The molecular weight excluding hydrogens is 326 g/mol. The highest BCUT2D eigenvalue weighted by Gasteiger charge is 2.35. The molecule has 0 saturated heterocycles. The van der Waals surface area contributed by atoms with Crippen molar-refractivity contribution in [3.63, 3.8) is 0 Å². The van der Waals surface area contributed by atoms with Crippen molar-refractivity contribution in [2.75, 3.05) is 12.5 Å². The molecule has 122 valence electrons. The van der Waals surface area contributed by atoms with Crippen LogP contribution >= 0.6 is 11.8 Å². The van der Waals surface area contributed by atoms with E-state index in [1.54, 1.807) is 24.3 Å². The molecule has 2 amide bonds. The van der Waals surface area contributed by atoms with E-state index >= 15 is 0 Å². The number of aryl methyl sites for hydroxylation is 1. The predicted octanol–water partition coefficient (Wildman–Crippen LogP) is 2.88. The maximum Gasteiger partial charge on any atom is 0.318 e. The highest BCUT2D eigenvalue weighted by molar-refractivity contribution is 8.00. The number of esters is 1. The molecule has 0 atom stereocenters. The number of amides is 2. The predicted molar refractivity (Wildman–Crippen MR) is 89.8 cm³/mol. The molecular formula is C18H15NO4S. The zero-order valence-corrected chi connectivity index (χ0v) is 13.8. The number of hydrogen-bond donors (Lipinski definition) is 0. The van der Waals surface area contributed by atoms with Gasteiger partial charge in [0, 0.05) is 4.90 Å². The quantitative estimate of drug-likeness (QED) is 0.475. The lowest BCUT2D eigenvalue weighted by Gasteiger charge is -2.14. The van der Waals surface area contributed by atoms with Crippen LogP contribution in [-0.4, -0.2) is 35.2 Å².